The number of anilines is 3. The van der Waals surface area contributed by atoms with E-state index < -0.39 is 0 Å². The van der Waals surface area contributed by atoms with Crippen LogP contribution in [0.1, 0.15) is 6.92 Å². The van der Waals surface area contributed by atoms with Crippen LogP contribution in [-0.4, -0.2) is 50.4 Å². The lowest BCUT2D eigenvalue weighted by Crippen LogP contribution is -2.36. The minimum Gasteiger partial charge on any atom is -0.378 e. The molecule has 8 nitrogen and oxygen atoms in total. The lowest BCUT2D eigenvalue weighted by Gasteiger charge is -2.27. The molecule has 0 atom stereocenters. The second-order valence-corrected chi connectivity index (χ2v) is 6.37. The molecule has 0 saturated carbocycles. The molecule has 25 heavy (non-hydrogen) atoms. The van der Waals surface area contributed by atoms with E-state index in [0.717, 1.165) is 50.0 Å². The van der Waals surface area contributed by atoms with E-state index in [4.69, 9.17) is 4.74 Å². The van der Waals surface area contributed by atoms with E-state index in [1.54, 1.807) is 6.20 Å². The Morgan fingerprint density at radius 2 is 2.12 bits per heavy atom. The van der Waals surface area contributed by atoms with Crippen molar-refractivity contribution in [1.29, 1.82) is 0 Å². The molecule has 0 aromatic carbocycles. The maximum Gasteiger partial charge on any atom is 0.208 e. The number of rotatable bonds is 5. The molecule has 3 aromatic heterocycles. The molecule has 0 radical (unpaired) electrons. The van der Waals surface area contributed by atoms with Crippen molar-refractivity contribution in [3.63, 3.8) is 0 Å². The first-order valence-corrected chi connectivity index (χ1v) is 9.02. The SMILES string of the molecule is CCn1cc(-c2nsc(Nc3cccc(N4CCOCC4)n3)n2)cn1. The largest absolute Gasteiger partial charge is 0.378 e. The number of hydrogen-bond donors (Lipinski definition) is 1. The standard InChI is InChI=1S/C16H19N7OS/c1-2-23-11-12(10-17-23)15-20-16(25-21-15)19-13-4-3-5-14(18-13)22-6-8-24-9-7-22/h3-5,10-11H,2,6-9H2,1H3,(H,18,19,20,21). The highest BCUT2D eigenvalue weighted by atomic mass is 32.1. The zero-order valence-electron chi connectivity index (χ0n) is 13.9. The van der Waals surface area contributed by atoms with Crippen molar-refractivity contribution >= 4 is 28.3 Å². The van der Waals surface area contributed by atoms with Gasteiger partial charge in [0.25, 0.3) is 0 Å². The number of aromatic nitrogens is 5. The Kier molecular flexibility index (Phi) is 4.57. The van der Waals surface area contributed by atoms with Crippen molar-refractivity contribution in [1.82, 2.24) is 24.1 Å². The first kappa shape index (κ1) is 16.0. The number of hydrogen-bond acceptors (Lipinski definition) is 8. The molecule has 0 unspecified atom stereocenters. The van der Waals surface area contributed by atoms with Gasteiger partial charge < -0.3 is 15.0 Å². The summed E-state index contributed by atoms with van der Waals surface area (Å²) in [6.45, 7) is 6.08. The molecule has 4 heterocycles. The predicted octanol–water partition coefficient (Wildman–Crippen LogP) is 2.40. The fourth-order valence-corrected chi connectivity index (χ4v) is 3.21. The molecule has 9 heteroatoms. The average molecular weight is 357 g/mol. The third-order valence-corrected chi connectivity index (χ3v) is 4.58. The molecular weight excluding hydrogens is 338 g/mol. The van der Waals surface area contributed by atoms with Crippen LogP contribution in [-0.2, 0) is 11.3 Å². The lowest BCUT2D eigenvalue weighted by atomic mass is 10.3. The van der Waals surface area contributed by atoms with E-state index >= 15 is 0 Å². The van der Waals surface area contributed by atoms with Gasteiger partial charge in [-0.25, -0.2) is 4.98 Å². The van der Waals surface area contributed by atoms with Gasteiger partial charge in [0.05, 0.1) is 25.0 Å². The molecule has 1 saturated heterocycles. The van der Waals surface area contributed by atoms with Crippen molar-refractivity contribution in [2.24, 2.45) is 0 Å². The van der Waals surface area contributed by atoms with Crippen LogP contribution in [0.4, 0.5) is 16.8 Å². The predicted molar refractivity (Wildman–Crippen MR) is 97.4 cm³/mol. The van der Waals surface area contributed by atoms with Crippen molar-refractivity contribution in [2.45, 2.75) is 13.5 Å². The summed E-state index contributed by atoms with van der Waals surface area (Å²) in [4.78, 5) is 11.4. The van der Waals surface area contributed by atoms with Gasteiger partial charge in [-0.15, -0.1) is 0 Å². The number of ether oxygens (including phenoxy) is 1. The molecular formula is C16H19N7OS. The van der Waals surface area contributed by atoms with Crippen molar-refractivity contribution in [3.8, 4) is 11.4 Å². The fourth-order valence-electron chi connectivity index (χ4n) is 2.61. The van der Waals surface area contributed by atoms with E-state index in [1.165, 1.54) is 11.5 Å². The average Bonchev–Trinajstić information content (AvgIpc) is 3.32. The van der Waals surface area contributed by atoms with E-state index in [9.17, 15) is 0 Å². The van der Waals surface area contributed by atoms with Crippen LogP contribution < -0.4 is 10.2 Å². The van der Waals surface area contributed by atoms with Crippen molar-refractivity contribution in [2.75, 3.05) is 36.5 Å². The minimum atomic E-state index is 0.677. The first-order valence-electron chi connectivity index (χ1n) is 8.25. The summed E-state index contributed by atoms with van der Waals surface area (Å²) < 4.78 is 11.7. The van der Waals surface area contributed by atoms with Gasteiger partial charge in [0.1, 0.15) is 11.6 Å². The molecule has 0 aliphatic carbocycles. The highest BCUT2D eigenvalue weighted by Crippen LogP contribution is 2.24. The topological polar surface area (TPSA) is 81.0 Å². The van der Waals surface area contributed by atoms with E-state index in [1.807, 2.05) is 36.0 Å². The lowest BCUT2D eigenvalue weighted by molar-refractivity contribution is 0.122. The molecule has 130 valence electrons. The van der Waals surface area contributed by atoms with Gasteiger partial charge in [0, 0.05) is 37.4 Å². The third kappa shape index (κ3) is 3.62. The molecule has 1 N–H and O–H groups in total. The summed E-state index contributed by atoms with van der Waals surface area (Å²) in [6.07, 6.45) is 3.73. The first-order chi connectivity index (χ1) is 12.3. The van der Waals surface area contributed by atoms with Crippen LogP contribution in [0, 0.1) is 0 Å². The second-order valence-electron chi connectivity index (χ2n) is 5.61. The van der Waals surface area contributed by atoms with Crippen LogP contribution >= 0.6 is 11.5 Å². The smallest absolute Gasteiger partial charge is 0.208 e. The van der Waals surface area contributed by atoms with Crippen molar-refractivity contribution in [3.05, 3.63) is 30.6 Å². The highest BCUT2D eigenvalue weighted by molar-refractivity contribution is 7.09. The fraction of sp³-hybridized carbons (Fsp3) is 0.375. The van der Waals surface area contributed by atoms with Crippen molar-refractivity contribution < 1.29 is 4.74 Å². The molecule has 0 bridgehead atoms. The molecule has 4 rings (SSSR count). The number of aryl methyl sites for hydroxylation is 1. The zero-order chi connectivity index (χ0) is 17.1. The molecule has 0 spiro atoms. The summed E-state index contributed by atoms with van der Waals surface area (Å²) >= 11 is 1.31. The molecule has 1 fully saturated rings. The maximum atomic E-state index is 5.39. The monoisotopic (exact) mass is 357 g/mol. The van der Waals surface area contributed by atoms with Gasteiger partial charge in [-0.05, 0) is 19.1 Å². The van der Waals surface area contributed by atoms with Gasteiger partial charge in [-0.2, -0.15) is 14.5 Å². The molecule has 3 aromatic rings. The van der Waals surface area contributed by atoms with Crippen LogP contribution in [0.25, 0.3) is 11.4 Å². The van der Waals surface area contributed by atoms with E-state index in [-0.39, 0.29) is 0 Å². The molecule has 0 amide bonds. The van der Waals surface area contributed by atoms with E-state index in [2.05, 4.69) is 29.7 Å². The normalized spacial score (nSPS) is 14.7. The third-order valence-electron chi connectivity index (χ3n) is 3.95. The second kappa shape index (κ2) is 7.16. The zero-order valence-corrected chi connectivity index (χ0v) is 14.7. The number of morpholine rings is 1. The van der Waals surface area contributed by atoms with Gasteiger partial charge in [0.2, 0.25) is 5.13 Å². The summed E-state index contributed by atoms with van der Waals surface area (Å²) in [6, 6.07) is 5.94. The number of pyridine rings is 1. The Morgan fingerprint density at radius 3 is 2.92 bits per heavy atom. The maximum absolute atomic E-state index is 5.39. The summed E-state index contributed by atoms with van der Waals surface area (Å²) in [7, 11) is 0. The summed E-state index contributed by atoms with van der Waals surface area (Å²) in [5, 5.41) is 8.22. The van der Waals surface area contributed by atoms with Gasteiger partial charge in [-0.3, -0.25) is 4.68 Å². The Balaban J connectivity index is 1.49. The highest BCUT2D eigenvalue weighted by Gasteiger charge is 2.13. The number of nitrogens with one attached hydrogen (secondary N) is 1. The van der Waals surface area contributed by atoms with Gasteiger partial charge >= 0.3 is 0 Å². The van der Waals surface area contributed by atoms with Crippen LogP contribution in [0.15, 0.2) is 30.6 Å². The molecule has 1 aliphatic rings. The minimum absolute atomic E-state index is 0.677. The van der Waals surface area contributed by atoms with Gasteiger partial charge in [-0.1, -0.05) is 6.07 Å². The Hall–Kier alpha value is -2.52. The van der Waals surface area contributed by atoms with Crippen LogP contribution in [0.5, 0.6) is 0 Å². The van der Waals surface area contributed by atoms with Crippen LogP contribution in [0.3, 0.4) is 0 Å². The summed E-state index contributed by atoms with van der Waals surface area (Å²) in [5.41, 5.74) is 0.918. The number of nitrogens with zero attached hydrogens (tertiary/aromatic N) is 6. The quantitative estimate of drug-likeness (QED) is 0.751. The Morgan fingerprint density at radius 1 is 1.24 bits per heavy atom. The summed E-state index contributed by atoms with van der Waals surface area (Å²) in [5.74, 6) is 2.38. The van der Waals surface area contributed by atoms with Gasteiger partial charge in [0.15, 0.2) is 5.82 Å². The van der Waals surface area contributed by atoms with Crippen LogP contribution in [0.2, 0.25) is 0 Å². The Bertz CT molecular complexity index is 840. The molecule has 1 aliphatic heterocycles. The van der Waals surface area contributed by atoms with E-state index in [0.29, 0.717) is 11.0 Å². The Labute approximate surface area is 149 Å².